The molecule has 0 radical (unpaired) electrons. The van der Waals surface area contributed by atoms with Crippen LogP contribution < -0.4 is 0 Å². The van der Waals surface area contributed by atoms with E-state index in [1.54, 1.807) is 6.07 Å². The number of hydrogen-bond donors (Lipinski definition) is 1. The fourth-order valence-electron chi connectivity index (χ4n) is 6.12. The lowest BCUT2D eigenvalue weighted by atomic mass is 10.0. The van der Waals surface area contributed by atoms with E-state index in [4.69, 9.17) is 0 Å². The Bertz CT molecular complexity index is 789. The summed E-state index contributed by atoms with van der Waals surface area (Å²) >= 11 is 0. The van der Waals surface area contributed by atoms with E-state index in [1.165, 1.54) is 179 Å². The first kappa shape index (κ1) is 38.2. The Labute approximate surface area is 256 Å². The van der Waals surface area contributed by atoms with Gasteiger partial charge in [-0.15, -0.1) is 0 Å². The summed E-state index contributed by atoms with van der Waals surface area (Å²) in [5, 5.41) is 0. The highest BCUT2D eigenvalue weighted by molar-refractivity contribution is 7.85. The van der Waals surface area contributed by atoms with Gasteiger partial charge in [0.2, 0.25) is 0 Å². The molecule has 0 aliphatic carbocycles. The molecule has 0 amide bonds. The summed E-state index contributed by atoms with van der Waals surface area (Å²) in [6.07, 6.45) is 41.2. The van der Waals surface area contributed by atoms with Gasteiger partial charge >= 0.3 is 0 Å². The van der Waals surface area contributed by atoms with Crippen LogP contribution in [0.25, 0.3) is 0 Å². The van der Waals surface area contributed by atoms with Gasteiger partial charge in [-0.1, -0.05) is 205 Å². The van der Waals surface area contributed by atoms with Gasteiger partial charge in [0.05, 0.1) is 4.90 Å². The van der Waals surface area contributed by atoms with Crippen LogP contribution in [0.1, 0.15) is 199 Å². The highest BCUT2D eigenvalue weighted by atomic mass is 32.2. The Morgan fingerprint density at radius 1 is 0.439 bits per heavy atom. The average Bonchev–Trinajstić information content (AvgIpc) is 2.96. The summed E-state index contributed by atoms with van der Waals surface area (Å²) in [7, 11) is -4.11. The second-order valence-corrected chi connectivity index (χ2v) is 14.1. The number of hydrogen-bond acceptors (Lipinski definition) is 2. The van der Waals surface area contributed by atoms with Crippen molar-refractivity contribution in [1.29, 1.82) is 0 Å². The summed E-state index contributed by atoms with van der Waals surface area (Å²) in [4.78, 5) is 0.0696. The van der Waals surface area contributed by atoms with Gasteiger partial charge in [-0.25, -0.2) is 0 Å². The minimum atomic E-state index is -4.11. The Morgan fingerprint density at radius 3 is 1.00 bits per heavy atom. The van der Waals surface area contributed by atoms with Gasteiger partial charge in [-0.05, 0) is 24.5 Å². The van der Waals surface area contributed by atoms with Crippen molar-refractivity contribution in [3.8, 4) is 0 Å². The Morgan fingerprint density at radius 2 is 0.707 bits per heavy atom. The molecule has 3 nitrogen and oxygen atoms in total. The monoisotopic (exact) mass is 592 g/mol. The Balaban J connectivity index is 1.72. The van der Waals surface area contributed by atoms with Crippen molar-refractivity contribution in [3.63, 3.8) is 0 Å². The van der Waals surface area contributed by atoms with E-state index in [1.807, 2.05) is 12.1 Å². The number of unbranched alkanes of at least 4 members (excludes halogenated alkanes) is 28. The third kappa shape index (κ3) is 24.3. The predicted octanol–water partition coefficient (Wildman–Crippen LogP) is 12.8. The standard InChI is InChI=1S/C37H68O3S/c1-2-3-4-5-6-7-8-9-10-11-12-13-14-15-16-17-18-19-20-21-22-23-24-25-26-27-28-29-30-33-36-34-31-32-35-37(36)41(38,39)40/h31-32,34-35H,2-30,33H2,1H3,(H,38,39,40). The van der Waals surface area contributed by atoms with Gasteiger partial charge < -0.3 is 0 Å². The van der Waals surface area contributed by atoms with Crippen molar-refractivity contribution in [3.05, 3.63) is 29.8 Å². The van der Waals surface area contributed by atoms with Crippen LogP contribution >= 0.6 is 0 Å². The lowest BCUT2D eigenvalue weighted by Crippen LogP contribution is -2.03. The molecule has 0 saturated heterocycles. The first-order chi connectivity index (χ1) is 20.1. The van der Waals surface area contributed by atoms with E-state index in [0.717, 1.165) is 24.8 Å². The highest BCUT2D eigenvalue weighted by Gasteiger charge is 2.13. The molecule has 1 aromatic rings. The quantitative estimate of drug-likeness (QED) is 0.0689. The maximum Gasteiger partial charge on any atom is 0.294 e. The molecular formula is C37H68O3S. The van der Waals surface area contributed by atoms with E-state index < -0.39 is 10.1 Å². The first-order valence-electron chi connectivity index (χ1n) is 18.1. The highest BCUT2D eigenvalue weighted by Crippen LogP contribution is 2.19. The van der Waals surface area contributed by atoms with Crippen LogP contribution in [-0.2, 0) is 16.5 Å². The fraction of sp³-hybridized carbons (Fsp3) is 0.838. The molecule has 1 N–H and O–H groups in total. The normalized spacial score (nSPS) is 11.9. The number of benzene rings is 1. The molecule has 0 heterocycles. The number of aryl methyl sites for hydroxylation is 1. The third-order valence-electron chi connectivity index (χ3n) is 8.80. The lowest BCUT2D eigenvalue weighted by Gasteiger charge is -2.07. The molecule has 4 heteroatoms. The van der Waals surface area contributed by atoms with Crippen molar-refractivity contribution < 1.29 is 13.0 Å². The molecule has 41 heavy (non-hydrogen) atoms. The fourth-order valence-corrected chi connectivity index (χ4v) is 6.88. The first-order valence-corrected chi connectivity index (χ1v) is 19.5. The molecule has 0 unspecified atom stereocenters. The molecule has 0 bridgehead atoms. The SMILES string of the molecule is CCCCCCCCCCCCCCCCCCCCCCCCCCCCCCCc1ccccc1S(=O)(=O)O. The minimum absolute atomic E-state index is 0.0696. The van der Waals surface area contributed by atoms with Crippen LogP contribution in [0.4, 0.5) is 0 Å². The molecule has 1 rings (SSSR count). The van der Waals surface area contributed by atoms with Gasteiger partial charge in [0.15, 0.2) is 0 Å². The van der Waals surface area contributed by atoms with Gasteiger partial charge in [0.25, 0.3) is 10.1 Å². The molecule has 0 fully saturated rings. The Kier molecular flexibility index (Phi) is 26.0. The molecule has 0 saturated carbocycles. The largest absolute Gasteiger partial charge is 0.294 e. The van der Waals surface area contributed by atoms with Gasteiger partial charge in [-0.2, -0.15) is 8.42 Å². The van der Waals surface area contributed by atoms with Crippen LogP contribution in [0.5, 0.6) is 0 Å². The molecule has 0 spiro atoms. The van der Waals surface area contributed by atoms with Crippen LogP contribution in [0.3, 0.4) is 0 Å². The van der Waals surface area contributed by atoms with Crippen molar-refractivity contribution >= 4 is 10.1 Å². The Hall–Kier alpha value is -0.870. The predicted molar refractivity (Wildman–Crippen MR) is 180 cm³/mol. The summed E-state index contributed by atoms with van der Waals surface area (Å²) in [5.41, 5.74) is 0.736. The molecule has 0 aliphatic heterocycles. The van der Waals surface area contributed by atoms with Crippen LogP contribution in [0.15, 0.2) is 29.2 Å². The lowest BCUT2D eigenvalue weighted by molar-refractivity contribution is 0.481. The molecular weight excluding hydrogens is 524 g/mol. The van der Waals surface area contributed by atoms with Crippen molar-refractivity contribution in [2.75, 3.05) is 0 Å². The van der Waals surface area contributed by atoms with E-state index in [-0.39, 0.29) is 4.90 Å². The van der Waals surface area contributed by atoms with Crippen molar-refractivity contribution in [2.24, 2.45) is 0 Å². The zero-order valence-electron chi connectivity index (χ0n) is 27.2. The second kappa shape index (κ2) is 27.9. The van der Waals surface area contributed by atoms with Gasteiger partial charge in [0, 0.05) is 0 Å². The molecule has 0 aliphatic rings. The van der Waals surface area contributed by atoms with E-state index >= 15 is 0 Å². The van der Waals surface area contributed by atoms with Crippen LogP contribution in [0.2, 0.25) is 0 Å². The van der Waals surface area contributed by atoms with E-state index in [2.05, 4.69) is 6.92 Å². The number of rotatable bonds is 31. The summed E-state index contributed by atoms with van der Waals surface area (Å²) in [5.74, 6) is 0. The second-order valence-electron chi connectivity index (χ2n) is 12.7. The topological polar surface area (TPSA) is 54.4 Å². The smallest absolute Gasteiger partial charge is 0.282 e. The zero-order valence-corrected chi connectivity index (χ0v) is 28.0. The van der Waals surface area contributed by atoms with E-state index in [0.29, 0.717) is 0 Å². The third-order valence-corrected chi connectivity index (χ3v) is 9.75. The molecule has 0 aromatic heterocycles. The average molecular weight is 593 g/mol. The zero-order chi connectivity index (χ0) is 29.7. The molecule has 240 valence electrons. The minimum Gasteiger partial charge on any atom is -0.282 e. The molecule has 0 atom stereocenters. The van der Waals surface area contributed by atoms with Gasteiger partial charge in [0.1, 0.15) is 0 Å². The maximum absolute atomic E-state index is 11.5. The summed E-state index contributed by atoms with van der Waals surface area (Å²) in [6, 6.07) is 6.80. The van der Waals surface area contributed by atoms with Crippen LogP contribution in [-0.4, -0.2) is 13.0 Å². The van der Waals surface area contributed by atoms with Crippen LogP contribution in [0, 0.1) is 0 Å². The van der Waals surface area contributed by atoms with Crippen molar-refractivity contribution in [1.82, 2.24) is 0 Å². The summed E-state index contributed by atoms with van der Waals surface area (Å²) in [6.45, 7) is 2.30. The molecule has 1 aromatic carbocycles. The van der Waals surface area contributed by atoms with Gasteiger partial charge in [-0.3, -0.25) is 4.55 Å². The maximum atomic E-state index is 11.5. The van der Waals surface area contributed by atoms with Crippen molar-refractivity contribution in [2.45, 2.75) is 204 Å². The summed E-state index contributed by atoms with van der Waals surface area (Å²) < 4.78 is 32.3. The van der Waals surface area contributed by atoms with E-state index in [9.17, 15) is 13.0 Å².